The number of nitrogens with two attached hydrogens (primary N) is 1. The highest BCUT2D eigenvalue weighted by molar-refractivity contribution is 6.38. The van der Waals surface area contributed by atoms with Crippen LogP contribution in [0.4, 0.5) is 4.79 Å². The van der Waals surface area contributed by atoms with Gasteiger partial charge in [-0.2, -0.15) is 0 Å². The van der Waals surface area contributed by atoms with Crippen molar-refractivity contribution in [2.75, 3.05) is 19.6 Å². The second-order valence-electron chi connectivity index (χ2n) is 4.54. The molecule has 1 aliphatic heterocycles. The van der Waals surface area contributed by atoms with E-state index in [0.29, 0.717) is 12.8 Å². The van der Waals surface area contributed by atoms with Crippen molar-refractivity contribution in [3.63, 3.8) is 0 Å². The van der Waals surface area contributed by atoms with Gasteiger partial charge < -0.3 is 20.7 Å². The van der Waals surface area contributed by atoms with E-state index in [9.17, 15) is 24.0 Å². The molecule has 5 amide bonds. The number of piperazine rings is 1. The number of rotatable bonds is 6. The summed E-state index contributed by atoms with van der Waals surface area (Å²) in [6.07, 6.45) is 0.428. The van der Waals surface area contributed by atoms with Gasteiger partial charge in [-0.15, -0.1) is 0 Å². The van der Waals surface area contributed by atoms with Gasteiger partial charge in [-0.1, -0.05) is 0 Å². The summed E-state index contributed by atoms with van der Waals surface area (Å²) in [5.74, 6) is -2.28. The molecule has 3 N–H and O–H groups in total. The van der Waals surface area contributed by atoms with Gasteiger partial charge in [-0.3, -0.25) is 19.3 Å². The number of likely N-dealkylation sites (N-methyl/N-ethyl adjacent to an activating group) is 1. The Morgan fingerprint density at radius 3 is 2.52 bits per heavy atom. The van der Waals surface area contributed by atoms with Crippen molar-refractivity contribution in [1.29, 1.82) is 0 Å². The Hall–Kier alpha value is -2.45. The van der Waals surface area contributed by atoms with Crippen LogP contribution >= 0.6 is 0 Å². The third kappa shape index (κ3) is 4.26. The van der Waals surface area contributed by atoms with E-state index < -0.39 is 29.8 Å². The Morgan fingerprint density at radius 1 is 1.33 bits per heavy atom. The molecule has 21 heavy (non-hydrogen) atoms. The predicted molar refractivity (Wildman–Crippen MR) is 70.8 cm³/mol. The lowest BCUT2D eigenvalue weighted by atomic mass is 10.1. The summed E-state index contributed by atoms with van der Waals surface area (Å²) in [6.45, 7) is 2.43. The van der Waals surface area contributed by atoms with Crippen molar-refractivity contribution < 1.29 is 24.0 Å². The number of carbonyl (C=O) groups excluding carboxylic acids is 5. The number of aldehydes is 1. The minimum absolute atomic E-state index is 0.0433. The quantitative estimate of drug-likeness (QED) is 0.442. The van der Waals surface area contributed by atoms with Crippen molar-refractivity contribution >= 4 is 30.0 Å². The predicted octanol–water partition coefficient (Wildman–Crippen LogP) is -1.78. The second-order valence-corrected chi connectivity index (χ2v) is 4.54. The number of amides is 5. The molecule has 1 rings (SSSR count). The molecule has 9 heteroatoms. The van der Waals surface area contributed by atoms with Gasteiger partial charge in [0.25, 0.3) is 0 Å². The molecule has 0 saturated carbocycles. The lowest BCUT2D eigenvalue weighted by molar-refractivity contribution is -0.153. The van der Waals surface area contributed by atoms with E-state index in [1.807, 2.05) is 0 Å². The van der Waals surface area contributed by atoms with Gasteiger partial charge in [0.2, 0.25) is 5.91 Å². The fraction of sp³-hybridized carbons (Fsp3) is 0.583. The maximum absolute atomic E-state index is 11.9. The molecule has 0 spiro atoms. The minimum atomic E-state index is -0.933. The maximum atomic E-state index is 11.9. The minimum Gasteiger partial charge on any atom is -0.370 e. The molecule has 1 saturated heterocycles. The highest BCUT2D eigenvalue weighted by atomic mass is 16.2. The van der Waals surface area contributed by atoms with E-state index >= 15 is 0 Å². The molecule has 1 atom stereocenters. The van der Waals surface area contributed by atoms with E-state index in [-0.39, 0.29) is 25.9 Å². The summed E-state index contributed by atoms with van der Waals surface area (Å²) in [6, 6.07) is -1.76. The summed E-state index contributed by atoms with van der Waals surface area (Å²) in [4.78, 5) is 58.9. The first-order valence-electron chi connectivity index (χ1n) is 6.55. The zero-order valence-corrected chi connectivity index (χ0v) is 11.7. The molecule has 0 bridgehead atoms. The smallest absolute Gasteiger partial charge is 0.325 e. The molecular weight excluding hydrogens is 280 g/mol. The maximum Gasteiger partial charge on any atom is 0.325 e. The molecule has 0 aliphatic carbocycles. The average molecular weight is 298 g/mol. The molecule has 116 valence electrons. The van der Waals surface area contributed by atoms with E-state index in [2.05, 4.69) is 5.32 Å². The van der Waals surface area contributed by atoms with Crippen LogP contribution in [0, 0.1) is 0 Å². The van der Waals surface area contributed by atoms with Gasteiger partial charge in [0.05, 0.1) is 6.04 Å². The van der Waals surface area contributed by atoms with Crippen molar-refractivity contribution in [1.82, 2.24) is 15.1 Å². The Kier molecular flexibility index (Phi) is 5.82. The molecule has 9 nitrogen and oxygen atoms in total. The number of primary amides is 1. The molecule has 1 unspecified atom stereocenters. The van der Waals surface area contributed by atoms with Crippen LogP contribution in [0.25, 0.3) is 0 Å². The van der Waals surface area contributed by atoms with Crippen LogP contribution < -0.4 is 11.1 Å². The third-order valence-corrected chi connectivity index (χ3v) is 3.11. The lowest BCUT2D eigenvalue weighted by Crippen LogP contribution is -2.59. The lowest BCUT2D eigenvalue weighted by Gasteiger charge is -2.32. The normalized spacial score (nSPS) is 16.6. The van der Waals surface area contributed by atoms with Crippen LogP contribution in [0.5, 0.6) is 0 Å². The Morgan fingerprint density at radius 2 is 2.00 bits per heavy atom. The fourth-order valence-corrected chi connectivity index (χ4v) is 1.88. The monoisotopic (exact) mass is 298 g/mol. The number of carbonyl (C=O) groups is 5. The number of hydrogen-bond acceptors (Lipinski definition) is 5. The second kappa shape index (κ2) is 7.36. The highest BCUT2D eigenvalue weighted by Gasteiger charge is 2.35. The molecule has 1 fully saturated rings. The molecular formula is C12H18N4O5. The number of imide groups is 1. The molecule has 0 aromatic carbocycles. The molecule has 0 aromatic rings. The molecule has 1 heterocycles. The van der Waals surface area contributed by atoms with Crippen LogP contribution in [0.2, 0.25) is 0 Å². The summed E-state index contributed by atoms with van der Waals surface area (Å²) in [5.41, 5.74) is 4.96. The van der Waals surface area contributed by atoms with Crippen LogP contribution in [0.3, 0.4) is 0 Å². The van der Waals surface area contributed by atoms with Crippen LogP contribution in [-0.4, -0.2) is 65.5 Å². The molecule has 0 radical (unpaired) electrons. The van der Waals surface area contributed by atoms with Crippen molar-refractivity contribution in [3.8, 4) is 0 Å². The first-order chi connectivity index (χ1) is 9.90. The number of urea groups is 1. The van der Waals surface area contributed by atoms with Gasteiger partial charge in [-0.05, 0) is 13.3 Å². The summed E-state index contributed by atoms with van der Waals surface area (Å²) in [7, 11) is 0. The number of nitrogens with one attached hydrogen (secondary N) is 1. The third-order valence-electron chi connectivity index (χ3n) is 3.11. The van der Waals surface area contributed by atoms with Gasteiger partial charge >= 0.3 is 17.8 Å². The first kappa shape index (κ1) is 16.6. The van der Waals surface area contributed by atoms with Gasteiger partial charge in [0.1, 0.15) is 6.29 Å². The van der Waals surface area contributed by atoms with E-state index in [0.717, 1.165) is 4.90 Å². The SMILES string of the molecule is CCN1CCN(C(=O)NC(C=O)CCC(N)=O)C(=O)C1=O. The van der Waals surface area contributed by atoms with Crippen LogP contribution in [0.1, 0.15) is 19.8 Å². The Labute approximate surface area is 121 Å². The standard InChI is InChI=1S/C12H18N4O5/c1-2-15-5-6-16(11(20)10(15)19)12(21)14-8(7-17)3-4-9(13)18/h7-8H,2-6H2,1H3,(H2,13,18)(H,14,21). The van der Waals surface area contributed by atoms with Crippen molar-refractivity contribution in [2.24, 2.45) is 5.73 Å². The van der Waals surface area contributed by atoms with E-state index in [4.69, 9.17) is 5.73 Å². The Balaban J connectivity index is 2.62. The van der Waals surface area contributed by atoms with Gasteiger partial charge in [0, 0.05) is 26.1 Å². The molecule has 0 aromatic heterocycles. The van der Waals surface area contributed by atoms with Crippen LogP contribution in [-0.2, 0) is 19.2 Å². The van der Waals surface area contributed by atoms with Crippen molar-refractivity contribution in [3.05, 3.63) is 0 Å². The zero-order chi connectivity index (χ0) is 16.0. The molecule has 1 aliphatic rings. The topological polar surface area (TPSA) is 130 Å². The fourth-order valence-electron chi connectivity index (χ4n) is 1.88. The summed E-state index contributed by atoms with van der Waals surface area (Å²) < 4.78 is 0. The highest BCUT2D eigenvalue weighted by Crippen LogP contribution is 2.06. The van der Waals surface area contributed by atoms with Crippen LogP contribution in [0.15, 0.2) is 0 Å². The summed E-state index contributed by atoms with van der Waals surface area (Å²) >= 11 is 0. The van der Waals surface area contributed by atoms with E-state index in [1.165, 1.54) is 4.90 Å². The van der Waals surface area contributed by atoms with Gasteiger partial charge in [0.15, 0.2) is 0 Å². The Bertz CT molecular complexity index is 465. The van der Waals surface area contributed by atoms with E-state index in [1.54, 1.807) is 6.92 Å². The largest absolute Gasteiger partial charge is 0.370 e. The van der Waals surface area contributed by atoms with Gasteiger partial charge in [-0.25, -0.2) is 4.79 Å². The zero-order valence-electron chi connectivity index (χ0n) is 11.7. The summed E-state index contributed by atoms with van der Waals surface area (Å²) in [5, 5.41) is 2.30. The number of hydrogen-bond donors (Lipinski definition) is 2. The first-order valence-corrected chi connectivity index (χ1v) is 6.55. The number of nitrogens with zero attached hydrogens (tertiary/aromatic N) is 2. The average Bonchev–Trinajstić information content (AvgIpc) is 2.45. The van der Waals surface area contributed by atoms with Crippen molar-refractivity contribution in [2.45, 2.75) is 25.8 Å².